The van der Waals surface area contributed by atoms with Crippen molar-refractivity contribution in [3.05, 3.63) is 53.7 Å². The molecule has 2 saturated carbocycles. The third-order valence-electron chi connectivity index (χ3n) is 12.0. The molecule has 3 unspecified atom stereocenters. The lowest BCUT2D eigenvalue weighted by Gasteiger charge is -2.50. The maximum absolute atomic E-state index is 9.84. The minimum absolute atomic E-state index is 0.0932. The van der Waals surface area contributed by atoms with E-state index in [4.69, 9.17) is 4.74 Å². The van der Waals surface area contributed by atoms with Crippen molar-refractivity contribution in [2.24, 2.45) is 11.8 Å². The minimum Gasteiger partial charge on any atom is -0.477 e. The van der Waals surface area contributed by atoms with Gasteiger partial charge in [-0.05, 0) is 80.7 Å². The number of dihydropyridines is 1. The van der Waals surface area contributed by atoms with E-state index in [1.54, 1.807) is 0 Å². The summed E-state index contributed by atoms with van der Waals surface area (Å²) in [5, 5.41) is 13.7. The molecule has 0 spiro atoms. The van der Waals surface area contributed by atoms with Gasteiger partial charge in [0.25, 0.3) is 0 Å². The van der Waals surface area contributed by atoms with Crippen LogP contribution in [0.25, 0.3) is 0 Å². The number of fused-ring (bicyclic) bond motifs is 2. The fraction of sp³-hybridized carbons (Fsp3) is 0.657. The number of likely N-dealkylation sites (N-methyl/N-ethyl adjacent to an activating group) is 1. The summed E-state index contributed by atoms with van der Waals surface area (Å²) in [5.41, 5.74) is 6.99. The number of aryl methyl sites for hydroxylation is 1. The quantitative estimate of drug-likeness (QED) is 0.455. The largest absolute Gasteiger partial charge is 0.477 e. The molecule has 0 radical (unpaired) electrons. The second-order valence-electron chi connectivity index (χ2n) is 14.3. The molecule has 0 aromatic carbocycles. The average Bonchev–Trinajstić information content (AvgIpc) is 3.93. The van der Waals surface area contributed by atoms with Crippen LogP contribution in [0.5, 0.6) is 0 Å². The molecule has 44 heavy (non-hydrogen) atoms. The number of aromatic nitrogens is 1. The highest BCUT2D eigenvalue weighted by atomic mass is 16.5. The number of likely N-dealkylation sites (tertiary alicyclic amines) is 1. The average molecular weight is 597 g/mol. The number of hydrogen-bond donors (Lipinski definition) is 1. The number of anilines is 2. The Bertz CT molecular complexity index is 1410. The highest BCUT2D eigenvalue weighted by Crippen LogP contribution is 2.74. The van der Waals surface area contributed by atoms with E-state index >= 15 is 0 Å². The fourth-order valence-electron chi connectivity index (χ4n) is 9.32. The summed E-state index contributed by atoms with van der Waals surface area (Å²) >= 11 is 0. The highest BCUT2D eigenvalue weighted by molar-refractivity contribution is 5.75. The van der Waals surface area contributed by atoms with Crippen LogP contribution >= 0.6 is 0 Å². The molecule has 4 fully saturated rings. The molecule has 6 heterocycles. The Balaban J connectivity index is 1.07. The van der Waals surface area contributed by atoms with Crippen LogP contribution in [-0.2, 0) is 11.2 Å². The summed E-state index contributed by atoms with van der Waals surface area (Å²) in [7, 11) is 4.44. The van der Waals surface area contributed by atoms with Gasteiger partial charge in [0.05, 0.1) is 30.1 Å². The number of ether oxygens (including phenoxy) is 1. The zero-order chi connectivity index (χ0) is 30.0. The number of nitrogens with one attached hydrogen (secondary N) is 1. The molecule has 2 aliphatic carbocycles. The zero-order valence-electron chi connectivity index (χ0n) is 26.5. The topological polar surface area (TPSA) is 74.1 Å². The van der Waals surface area contributed by atoms with Crippen LogP contribution in [0.4, 0.5) is 11.4 Å². The maximum atomic E-state index is 9.84. The van der Waals surface area contributed by atoms with Crippen molar-refractivity contribution in [3.63, 3.8) is 0 Å². The van der Waals surface area contributed by atoms with Crippen LogP contribution in [0.1, 0.15) is 44.1 Å². The first kappa shape index (κ1) is 28.4. The zero-order valence-corrected chi connectivity index (χ0v) is 26.5. The fourth-order valence-corrected chi connectivity index (χ4v) is 9.32. The monoisotopic (exact) mass is 596 g/mol. The Hall–Kier alpha value is -3.06. The van der Waals surface area contributed by atoms with Gasteiger partial charge in [-0.15, -0.1) is 6.58 Å². The van der Waals surface area contributed by atoms with Crippen LogP contribution in [0, 0.1) is 23.2 Å². The first-order valence-electron chi connectivity index (χ1n) is 17.0. The van der Waals surface area contributed by atoms with Gasteiger partial charge in [0, 0.05) is 76.2 Å². The number of hydrogen-bond acceptors (Lipinski definition) is 9. The SMILES string of the molecule is C=CC1(N2CCN(C3NC(OC[C@@H]4CCCN4C)=CC4=C3CCN(c3cncc5c3N(C)CCC5)C4)C[C@@H]2CC#N)C2CC21. The summed E-state index contributed by atoms with van der Waals surface area (Å²) in [5.74, 6) is 2.44. The molecule has 0 bridgehead atoms. The number of piperazine rings is 1. The van der Waals surface area contributed by atoms with Gasteiger partial charge in [0.1, 0.15) is 12.8 Å². The first-order valence-corrected chi connectivity index (χ1v) is 17.0. The molecule has 0 amide bonds. The van der Waals surface area contributed by atoms with Gasteiger partial charge in [0.15, 0.2) is 5.88 Å². The highest BCUT2D eigenvalue weighted by Gasteiger charge is 2.78. The molecule has 5 atom stereocenters. The van der Waals surface area contributed by atoms with E-state index in [-0.39, 0.29) is 17.7 Å². The van der Waals surface area contributed by atoms with E-state index in [0.717, 1.165) is 76.4 Å². The summed E-state index contributed by atoms with van der Waals surface area (Å²) in [4.78, 5) is 17.3. The van der Waals surface area contributed by atoms with Gasteiger partial charge in [-0.3, -0.25) is 14.8 Å². The van der Waals surface area contributed by atoms with Crippen molar-refractivity contribution < 1.29 is 4.74 Å². The van der Waals surface area contributed by atoms with Crippen LogP contribution in [0.15, 0.2) is 48.2 Å². The smallest absolute Gasteiger partial charge is 0.188 e. The van der Waals surface area contributed by atoms with Crippen molar-refractivity contribution in [2.45, 2.75) is 68.7 Å². The van der Waals surface area contributed by atoms with Crippen molar-refractivity contribution in [2.75, 3.05) is 76.3 Å². The standard InChI is InChI=1S/C35H48N8O/c1-4-35(29-18-30(29)35)43-16-15-42(22-26(43)9-11-36)34-28-10-14-41(31-20-37-19-24-7-5-13-40(3)33(24)31)21-25(28)17-32(38-34)44-23-27-8-6-12-39(27)2/h4,17,19-20,26-27,29-30,34,38H,1,5-10,12-16,18,21-23H2,2-3H3/t26-,27-,29?,30?,34?,35?/m0/s1. The molecule has 2 saturated heterocycles. The van der Waals surface area contributed by atoms with E-state index in [2.05, 4.69) is 86.1 Å². The Kier molecular flexibility index (Phi) is 7.15. The van der Waals surface area contributed by atoms with Gasteiger partial charge < -0.3 is 24.8 Å². The van der Waals surface area contributed by atoms with Crippen LogP contribution in [-0.4, -0.2) is 110 Å². The Morgan fingerprint density at radius 3 is 2.75 bits per heavy atom. The first-order chi connectivity index (χ1) is 21.5. The Morgan fingerprint density at radius 2 is 2.00 bits per heavy atom. The normalized spacial score (nSPS) is 35.2. The van der Waals surface area contributed by atoms with E-state index in [9.17, 15) is 5.26 Å². The van der Waals surface area contributed by atoms with Crippen LogP contribution < -0.4 is 15.1 Å². The molecule has 1 N–H and O–H groups in total. The minimum atomic E-state index is 0.0932. The molecule has 1 aromatic heterocycles. The van der Waals surface area contributed by atoms with Crippen LogP contribution in [0.3, 0.4) is 0 Å². The van der Waals surface area contributed by atoms with Crippen molar-refractivity contribution >= 4 is 11.4 Å². The molecule has 234 valence electrons. The molecule has 9 nitrogen and oxygen atoms in total. The van der Waals surface area contributed by atoms with Gasteiger partial charge in [0.2, 0.25) is 0 Å². The second kappa shape index (κ2) is 11.1. The molecule has 7 aliphatic rings. The molecular weight excluding hydrogens is 548 g/mol. The van der Waals surface area contributed by atoms with Gasteiger partial charge in [-0.2, -0.15) is 5.26 Å². The summed E-state index contributed by atoms with van der Waals surface area (Å²) < 4.78 is 6.59. The summed E-state index contributed by atoms with van der Waals surface area (Å²) in [6.07, 6.45) is 16.3. The second-order valence-corrected chi connectivity index (χ2v) is 14.3. The third-order valence-corrected chi connectivity index (χ3v) is 12.0. The molecule has 1 aromatic rings. The molecule has 8 rings (SSSR count). The lowest BCUT2D eigenvalue weighted by atomic mass is 9.91. The summed E-state index contributed by atoms with van der Waals surface area (Å²) in [6.45, 7) is 11.9. The van der Waals surface area contributed by atoms with Gasteiger partial charge >= 0.3 is 0 Å². The van der Waals surface area contributed by atoms with Crippen molar-refractivity contribution in [1.29, 1.82) is 5.26 Å². The van der Waals surface area contributed by atoms with Crippen LogP contribution in [0.2, 0.25) is 0 Å². The molecule has 9 heteroatoms. The lowest BCUT2D eigenvalue weighted by Crippen LogP contribution is -2.63. The van der Waals surface area contributed by atoms with E-state index in [1.807, 2.05) is 0 Å². The predicted molar refractivity (Wildman–Crippen MR) is 173 cm³/mol. The summed E-state index contributed by atoms with van der Waals surface area (Å²) in [6, 6.07) is 3.22. The molecular formula is C35H48N8O. The van der Waals surface area contributed by atoms with Crippen molar-refractivity contribution in [3.8, 4) is 6.07 Å². The maximum Gasteiger partial charge on any atom is 0.188 e. The predicted octanol–water partition coefficient (Wildman–Crippen LogP) is 3.33. The van der Waals surface area contributed by atoms with Crippen molar-refractivity contribution in [1.82, 2.24) is 25.0 Å². The van der Waals surface area contributed by atoms with Gasteiger partial charge in [-0.25, -0.2) is 0 Å². The van der Waals surface area contributed by atoms with E-state index in [0.29, 0.717) is 19.1 Å². The van der Waals surface area contributed by atoms with E-state index in [1.165, 1.54) is 53.8 Å². The number of nitrogens with zero attached hydrogens (tertiary/aromatic N) is 7. The Labute approximate surface area is 262 Å². The Morgan fingerprint density at radius 1 is 1.11 bits per heavy atom. The van der Waals surface area contributed by atoms with E-state index < -0.39 is 0 Å². The van der Waals surface area contributed by atoms with Gasteiger partial charge in [-0.1, -0.05) is 6.08 Å². The molecule has 5 aliphatic heterocycles. The number of nitriles is 1. The number of rotatable bonds is 8. The lowest BCUT2D eigenvalue weighted by molar-refractivity contribution is 0.00581. The third kappa shape index (κ3) is 4.64. The number of pyridine rings is 1.